The predicted octanol–water partition coefficient (Wildman–Crippen LogP) is 3.84. The normalized spacial score (nSPS) is 9.15. The molecule has 0 aliphatic heterocycles. The lowest BCUT2D eigenvalue weighted by molar-refractivity contribution is 0.295. The SMILES string of the molecule is C=C(CO)N(C=NC)Cc1cccc(F)c1.CC.CC. The summed E-state index contributed by atoms with van der Waals surface area (Å²) in [5, 5.41) is 8.99. The van der Waals surface area contributed by atoms with Crippen LogP contribution in [0.15, 0.2) is 41.5 Å². The highest BCUT2D eigenvalue weighted by Gasteiger charge is 2.05. The first kappa shape index (κ1) is 20.6. The zero-order valence-electron chi connectivity index (χ0n) is 13.2. The van der Waals surface area contributed by atoms with Crippen LogP contribution in [-0.4, -0.2) is 30.0 Å². The fourth-order valence-electron chi connectivity index (χ4n) is 1.30. The number of aliphatic hydroxyl groups excluding tert-OH is 1. The van der Waals surface area contributed by atoms with Crippen LogP contribution in [0.4, 0.5) is 4.39 Å². The molecular weight excluding hydrogens is 255 g/mol. The van der Waals surface area contributed by atoms with Crippen LogP contribution < -0.4 is 0 Å². The van der Waals surface area contributed by atoms with Crippen LogP contribution in [0, 0.1) is 5.82 Å². The molecule has 1 aromatic carbocycles. The van der Waals surface area contributed by atoms with E-state index in [0.29, 0.717) is 12.2 Å². The van der Waals surface area contributed by atoms with E-state index >= 15 is 0 Å². The van der Waals surface area contributed by atoms with Crippen molar-refractivity contribution in [3.05, 3.63) is 47.9 Å². The predicted molar refractivity (Wildman–Crippen MR) is 85.3 cm³/mol. The first-order valence-electron chi connectivity index (χ1n) is 6.89. The van der Waals surface area contributed by atoms with Crippen LogP contribution >= 0.6 is 0 Å². The van der Waals surface area contributed by atoms with Crippen molar-refractivity contribution in [1.29, 1.82) is 0 Å². The Kier molecular flexibility index (Phi) is 14.2. The maximum atomic E-state index is 13.0. The number of aliphatic imine (C=N–C) groups is 1. The molecule has 0 spiro atoms. The molecule has 0 heterocycles. The lowest BCUT2D eigenvalue weighted by Gasteiger charge is -2.20. The number of hydrogen-bond acceptors (Lipinski definition) is 2. The molecule has 0 bridgehead atoms. The topological polar surface area (TPSA) is 35.8 Å². The molecule has 0 saturated carbocycles. The number of aliphatic hydroxyl groups is 1. The van der Waals surface area contributed by atoms with Gasteiger partial charge in [-0.3, -0.25) is 4.99 Å². The smallest absolute Gasteiger partial charge is 0.123 e. The number of benzene rings is 1. The van der Waals surface area contributed by atoms with Crippen molar-refractivity contribution >= 4 is 6.34 Å². The van der Waals surface area contributed by atoms with Gasteiger partial charge in [-0.2, -0.15) is 0 Å². The average molecular weight is 282 g/mol. The minimum absolute atomic E-state index is 0.151. The van der Waals surface area contributed by atoms with E-state index in [4.69, 9.17) is 5.11 Å². The first-order valence-corrected chi connectivity index (χ1v) is 6.89. The van der Waals surface area contributed by atoms with Crippen molar-refractivity contribution in [3.63, 3.8) is 0 Å². The van der Waals surface area contributed by atoms with Gasteiger partial charge in [0.2, 0.25) is 0 Å². The molecule has 0 unspecified atom stereocenters. The standard InChI is InChI=1S/C12H15FN2O.2C2H6/c1-10(8-16)15(9-14-2)7-11-4-3-5-12(13)6-11;2*1-2/h3-6,9,16H,1,7-8H2,2H3;2*1-2H3. The van der Waals surface area contributed by atoms with E-state index in [1.54, 1.807) is 24.4 Å². The minimum atomic E-state index is -0.277. The van der Waals surface area contributed by atoms with Crippen LogP contribution in [0.25, 0.3) is 0 Å². The second-order valence-electron chi connectivity index (χ2n) is 3.36. The number of halogens is 1. The molecule has 114 valence electrons. The van der Waals surface area contributed by atoms with Gasteiger partial charge in [0.1, 0.15) is 5.82 Å². The molecule has 3 nitrogen and oxygen atoms in total. The Hall–Kier alpha value is -1.68. The van der Waals surface area contributed by atoms with E-state index in [2.05, 4.69) is 11.6 Å². The quantitative estimate of drug-likeness (QED) is 0.658. The maximum Gasteiger partial charge on any atom is 0.123 e. The van der Waals surface area contributed by atoms with Crippen molar-refractivity contribution in [1.82, 2.24) is 4.90 Å². The van der Waals surface area contributed by atoms with Crippen LogP contribution in [0.3, 0.4) is 0 Å². The summed E-state index contributed by atoms with van der Waals surface area (Å²) in [5.74, 6) is -0.277. The van der Waals surface area contributed by atoms with Gasteiger partial charge in [0.15, 0.2) is 0 Å². The maximum absolute atomic E-state index is 13.0. The average Bonchev–Trinajstić information content (AvgIpc) is 2.50. The monoisotopic (exact) mass is 282 g/mol. The molecule has 1 N–H and O–H groups in total. The summed E-state index contributed by atoms with van der Waals surface area (Å²) in [6.45, 7) is 12.0. The van der Waals surface area contributed by atoms with Gasteiger partial charge in [-0.25, -0.2) is 4.39 Å². The number of rotatable bonds is 5. The van der Waals surface area contributed by atoms with Gasteiger partial charge in [-0.15, -0.1) is 0 Å². The largest absolute Gasteiger partial charge is 0.390 e. The molecule has 0 radical (unpaired) electrons. The van der Waals surface area contributed by atoms with E-state index in [1.807, 2.05) is 33.8 Å². The van der Waals surface area contributed by atoms with E-state index in [9.17, 15) is 4.39 Å². The van der Waals surface area contributed by atoms with Gasteiger partial charge in [0.25, 0.3) is 0 Å². The van der Waals surface area contributed by atoms with Crippen molar-refractivity contribution in [2.75, 3.05) is 13.7 Å². The Bertz CT molecular complexity index is 392. The van der Waals surface area contributed by atoms with Gasteiger partial charge < -0.3 is 10.0 Å². The lowest BCUT2D eigenvalue weighted by Crippen LogP contribution is -2.22. The van der Waals surface area contributed by atoms with Crippen LogP contribution in [0.5, 0.6) is 0 Å². The number of hydrogen-bond donors (Lipinski definition) is 1. The Morgan fingerprint density at radius 1 is 1.35 bits per heavy atom. The first-order chi connectivity index (χ1) is 9.67. The Balaban J connectivity index is 0. The highest BCUT2D eigenvalue weighted by molar-refractivity contribution is 5.57. The molecule has 0 atom stereocenters. The van der Waals surface area contributed by atoms with E-state index < -0.39 is 0 Å². The Labute approximate surface area is 122 Å². The molecule has 0 fully saturated rings. The van der Waals surface area contributed by atoms with Crippen LogP contribution in [0.2, 0.25) is 0 Å². The third kappa shape index (κ3) is 8.43. The Morgan fingerprint density at radius 2 is 1.95 bits per heavy atom. The summed E-state index contributed by atoms with van der Waals surface area (Å²) < 4.78 is 13.0. The second kappa shape index (κ2) is 13.7. The summed E-state index contributed by atoms with van der Waals surface area (Å²) in [4.78, 5) is 5.53. The zero-order valence-corrected chi connectivity index (χ0v) is 13.2. The highest BCUT2D eigenvalue weighted by atomic mass is 19.1. The van der Waals surface area contributed by atoms with E-state index in [-0.39, 0.29) is 12.4 Å². The fourth-order valence-corrected chi connectivity index (χ4v) is 1.30. The zero-order chi connectivity index (χ0) is 16.0. The summed E-state index contributed by atoms with van der Waals surface area (Å²) in [6, 6.07) is 6.29. The third-order valence-electron chi connectivity index (χ3n) is 2.09. The molecular formula is C16H27FN2O. The van der Waals surface area contributed by atoms with E-state index in [0.717, 1.165) is 5.56 Å². The molecule has 0 aromatic heterocycles. The van der Waals surface area contributed by atoms with E-state index in [1.165, 1.54) is 12.1 Å². The molecule has 0 aliphatic carbocycles. The molecule has 0 aliphatic rings. The molecule has 0 saturated heterocycles. The summed E-state index contributed by atoms with van der Waals surface area (Å²) in [5.41, 5.74) is 1.32. The summed E-state index contributed by atoms with van der Waals surface area (Å²) >= 11 is 0. The van der Waals surface area contributed by atoms with Crippen molar-refractivity contribution < 1.29 is 9.50 Å². The van der Waals surface area contributed by atoms with Gasteiger partial charge in [0, 0.05) is 19.3 Å². The third-order valence-corrected chi connectivity index (χ3v) is 2.09. The lowest BCUT2D eigenvalue weighted by atomic mass is 10.2. The van der Waals surface area contributed by atoms with Gasteiger partial charge >= 0.3 is 0 Å². The van der Waals surface area contributed by atoms with Crippen molar-refractivity contribution in [3.8, 4) is 0 Å². The number of nitrogens with zero attached hydrogens (tertiary/aromatic N) is 2. The summed E-state index contributed by atoms with van der Waals surface area (Å²) in [6.07, 6.45) is 1.56. The molecule has 0 amide bonds. The van der Waals surface area contributed by atoms with Crippen LogP contribution in [0.1, 0.15) is 33.3 Å². The molecule has 1 aromatic rings. The van der Waals surface area contributed by atoms with Crippen molar-refractivity contribution in [2.24, 2.45) is 4.99 Å². The van der Waals surface area contributed by atoms with Gasteiger partial charge in [-0.05, 0) is 17.7 Å². The van der Waals surface area contributed by atoms with Crippen molar-refractivity contribution in [2.45, 2.75) is 34.2 Å². The minimum Gasteiger partial charge on any atom is -0.390 e. The second-order valence-corrected chi connectivity index (χ2v) is 3.36. The molecule has 1 rings (SSSR count). The van der Waals surface area contributed by atoms with Gasteiger partial charge in [-0.1, -0.05) is 46.4 Å². The molecule has 20 heavy (non-hydrogen) atoms. The van der Waals surface area contributed by atoms with Crippen LogP contribution in [-0.2, 0) is 6.54 Å². The van der Waals surface area contributed by atoms with Gasteiger partial charge in [0.05, 0.1) is 12.9 Å². The fraction of sp³-hybridized carbons (Fsp3) is 0.438. The Morgan fingerprint density at radius 3 is 2.40 bits per heavy atom. The highest BCUT2D eigenvalue weighted by Crippen LogP contribution is 2.09. The summed E-state index contributed by atoms with van der Waals surface area (Å²) in [7, 11) is 1.63. The molecule has 4 heteroatoms.